The summed E-state index contributed by atoms with van der Waals surface area (Å²) in [6.45, 7) is 1.32. The first-order chi connectivity index (χ1) is 9.53. The molecule has 1 aromatic rings. The first kappa shape index (κ1) is 13.5. The Balaban J connectivity index is 1.66. The van der Waals surface area contributed by atoms with Crippen molar-refractivity contribution in [2.75, 3.05) is 24.6 Å². The summed E-state index contributed by atoms with van der Waals surface area (Å²) in [6.07, 6.45) is 0.849. The zero-order valence-electron chi connectivity index (χ0n) is 10.8. The van der Waals surface area contributed by atoms with Gasteiger partial charge in [-0.15, -0.1) is 0 Å². The van der Waals surface area contributed by atoms with E-state index >= 15 is 0 Å². The Kier molecular flexibility index (Phi) is 3.47. The summed E-state index contributed by atoms with van der Waals surface area (Å²) in [4.78, 5) is 15.8. The molecular weight excluding hydrogens is 284 g/mol. The number of piperazine rings is 1. The van der Waals surface area contributed by atoms with Gasteiger partial charge in [0, 0.05) is 19.0 Å². The van der Waals surface area contributed by atoms with Crippen LogP contribution in [0.25, 0.3) is 0 Å². The van der Waals surface area contributed by atoms with Crippen molar-refractivity contribution in [3.05, 3.63) is 11.7 Å². The number of nitrogens with zero attached hydrogens (tertiary/aromatic N) is 2. The van der Waals surface area contributed by atoms with E-state index in [1.54, 1.807) is 0 Å². The fourth-order valence-electron chi connectivity index (χ4n) is 2.50. The average molecular weight is 300 g/mol. The number of hydrogen-bond donors (Lipinski definition) is 2. The van der Waals surface area contributed by atoms with Gasteiger partial charge in [0.25, 0.3) is 0 Å². The largest absolute Gasteiger partial charge is 0.353 e. The Morgan fingerprint density at radius 3 is 2.90 bits per heavy atom. The molecule has 2 saturated heterocycles. The average Bonchev–Trinajstić information content (AvgIpc) is 2.99. The minimum atomic E-state index is -2.97. The summed E-state index contributed by atoms with van der Waals surface area (Å²) in [6, 6.07) is -0.371. The van der Waals surface area contributed by atoms with Crippen LogP contribution in [0.5, 0.6) is 0 Å². The first-order valence-electron chi connectivity index (χ1n) is 6.57. The third-order valence-electron chi connectivity index (χ3n) is 3.59. The number of carbonyl (C=O) groups is 1. The molecule has 0 aromatic carbocycles. The van der Waals surface area contributed by atoms with Crippen LogP contribution in [0.1, 0.15) is 24.1 Å². The lowest BCUT2D eigenvalue weighted by Crippen LogP contribution is -2.53. The van der Waals surface area contributed by atoms with E-state index < -0.39 is 9.84 Å². The van der Waals surface area contributed by atoms with Crippen LogP contribution in [-0.4, -0.2) is 55.1 Å². The molecule has 0 radical (unpaired) electrons. The summed E-state index contributed by atoms with van der Waals surface area (Å²) < 4.78 is 28.0. The Bertz CT molecular complexity index is 612. The second-order valence-electron chi connectivity index (χ2n) is 5.15. The second kappa shape index (κ2) is 5.13. The van der Waals surface area contributed by atoms with Crippen LogP contribution in [0.3, 0.4) is 0 Å². The molecule has 2 unspecified atom stereocenters. The molecule has 0 saturated carbocycles. The number of nitrogens with one attached hydrogen (secondary N) is 2. The maximum atomic E-state index is 11.6. The third-order valence-corrected chi connectivity index (χ3v) is 5.36. The molecule has 3 rings (SSSR count). The van der Waals surface area contributed by atoms with Gasteiger partial charge in [-0.1, -0.05) is 5.16 Å². The van der Waals surface area contributed by atoms with E-state index in [0.29, 0.717) is 37.6 Å². The minimum absolute atomic E-state index is 0.0775. The molecule has 110 valence electrons. The topological polar surface area (TPSA) is 114 Å². The number of rotatable bonds is 3. The molecule has 2 aliphatic heterocycles. The van der Waals surface area contributed by atoms with Crippen molar-refractivity contribution in [3.8, 4) is 0 Å². The number of aromatic nitrogens is 2. The van der Waals surface area contributed by atoms with E-state index in [1.165, 1.54) is 0 Å². The van der Waals surface area contributed by atoms with E-state index in [9.17, 15) is 13.2 Å². The van der Waals surface area contributed by atoms with E-state index in [4.69, 9.17) is 4.52 Å². The molecule has 0 aliphatic carbocycles. The summed E-state index contributed by atoms with van der Waals surface area (Å²) in [5.74, 6) is 0.767. The molecule has 2 fully saturated rings. The van der Waals surface area contributed by atoms with Gasteiger partial charge >= 0.3 is 0 Å². The lowest BCUT2D eigenvalue weighted by molar-refractivity contribution is -0.124. The Hall–Kier alpha value is -1.48. The molecule has 3 heterocycles. The molecule has 2 N–H and O–H groups in total. The van der Waals surface area contributed by atoms with Crippen LogP contribution in [0.4, 0.5) is 0 Å². The maximum Gasteiger partial charge on any atom is 0.237 e. The minimum Gasteiger partial charge on any atom is -0.353 e. The van der Waals surface area contributed by atoms with Crippen molar-refractivity contribution in [1.29, 1.82) is 0 Å². The standard InChI is InChI=1S/C11H16N4O4S/c16-11-8(12-2-3-13-11)5-9-14-10(15-19-9)7-1-4-20(17,18)6-7/h7-8,12H,1-6H2,(H,13,16). The van der Waals surface area contributed by atoms with E-state index in [1.807, 2.05) is 0 Å². The third kappa shape index (κ3) is 2.83. The number of amides is 1. The molecular formula is C11H16N4O4S. The van der Waals surface area contributed by atoms with Gasteiger partial charge in [-0.3, -0.25) is 4.79 Å². The lowest BCUT2D eigenvalue weighted by atomic mass is 10.1. The van der Waals surface area contributed by atoms with Crippen LogP contribution < -0.4 is 10.6 Å². The van der Waals surface area contributed by atoms with Crippen LogP contribution in [0.2, 0.25) is 0 Å². The van der Waals surface area contributed by atoms with Crippen molar-refractivity contribution in [1.82, 2.24) is 20.8 Å². The van der Waals surface area contributed by atoms with Crippen molar-refractivity contribution in [2.24, 2.45) is 0 Å². The smallest absolute Gasteiger partial charge is 0.237 e. The molecule has 0 spiro atoms. The van der Waals surface area contributed by atoms with Gasteiger partial charge in [-0.05, 0) is 6.42 Å². The Morgan fingerprint density at radius 1 is 1.35 bits per heavy atom. The van der Waals surface area contributed by atoms with Gasteiger partial charge < -0.3 is 15.2 Å². The molecule has 1 aromatic heterocycles. The summed E-state index contributed by atoms with van der Waals surface area (Å²) in [5.41, 5.74) is 0. The number of carbonyl (C=O) groups excluding carboxylic acids is 1. The highest BCUT2D eigenvalue weighted by Crippen LogP contribution is 2.26. The van der Waals surface area contributed by atoms with Crippen molar-refractivity contribution in [2.45, 2.75) is 24.8 Å². The predicted octanol–water partition coefficient (Wildman–Crippen LogP) is -1.40. The van der Waals surface area contributed by atoms with Gasteiger partial charge in [-0.25, -0.2) is 8.42 Å². The first-order valence-corrected chi connectivity index (χ1v) is 8.40. The Labute approximate surface area is 116 Å². The van der Waals surface area contributed by atoms with Gasteiger partial charge in [-0.2, -0.15) is 4.98 Å². The van der Waals surface area contributed by atoms with Gasteiger partial charge in [0.1, 0.15) is 0 Å². The molecule has 8 nitrogen and oxygen atoms in total. The van der Waals surface area contributed by atoms with E-state index in [2.05, 4.69) is 20.8 Å². The maximum absolute atomic E-state index is 11.6. The van der Waals surface area contributed by atoms with E-state index in [-0.39, 0.29) is 29.4 Å². The zero-order chi connectivity index (χ0) is 14.2. The molecule has 2 atom stereocenters. The predicted molar refractivity (Wildman–Crippen MR) is 68.8 cm³/mol. The van der Waals surface area contributed by atoms with Crippen LogP contribution in [0.15, 0.2) is 4.52 Å². The van der Waals surface area contributed by atoms with Gasteiger partial charge in [0.2, 0.25) is 11.8 Å². The molecule has 9 heteroatoms. The van der Waals surface area contributed by atoms with Crippen molar-refractivity contribution in [3.63, 3.8) is 0 Å². The number of sulfone groups is 1. The SMILES string of the molecule is O=C1NCCNC1Cc1nc(C2CCS(=O)(=O)C2)no1. The molecule has 0 bridgehead atoms. The Morgan fingerprint density at radius 2 is 2.20 bits per heavy atom. The fourth-order valence-corrected chi connectivity index (χ4v) is 4.24. The van der Waals surface area contributed by atoms with Crippen molar-refractivity contribution < 1.29 is 17.7 Å². The van der Waals surface area contributed by atoms with Gasteiger partial charge in [0.15, 0.2) is 15.7 Å². The highest BCUT2D eigenvalue weighted by molar-refractivity contribution is 7.91. The highest BCUT2D eigenvalue weighted by Gasteiger charge is 2.33. The number of hydrogen-bond acceptors (Lipinski definition) is 7. The molecule has 1 amide bonds. The summed E-state index contributed by atoms with van der Waals surface area (Å²) in [7, 11) is -2.97. The summed E-state index contributed by atoms with van der Waals surface area (Å²) >= 11 is 0. The quantitative estimate of drug-likeness (QED) is 0.705. The van der Waals surface area contributed by atoms with E-state index in [0.717, 1.165) is 0 Å². The lowest BCUT2D eigenvalue weighted by Gasteiger charge is -2.21. The molecule has 20 heavy (non-hydrogen) atoms. The van der Waals surface area contributed by atoms with Crippen LogP contribution in [-0.2, 0) is 21.1 Å². The van der Waals surface area contributed by atoms with Crippen LogP contribution in [0, 0.1) is 0 Å². The summed E-state index contributed by atoms with van der Waals surface area (Å²) in [5, 5.41) is 9.67. The monoisotopic (exact) mass is 300 g/mol. The van der Waals surface area contributed by atoms with Gasteiger partial charge in [0.05, 0.1) is 24.0 Å². The van der Waals surface area contributed by atoms with Crippen molar-refractivity contribution >= 4 is 15.7 Å². The van der Waals surface area contributed by atoms with Crippen LogP contribution >= 0.6 is 0 Å². The molecule has 2 aliphatic rings. The normalized spacial score (nSPS) is 29.3. The second-order valence-corrected chi connectivity index (χ2v) is 7.38. The zero-order valence-corrected chi connectivity index (χ0v) is 11.6. The highest BCUT2D eigenvalue weighted by atomic mass is 32.2. The fraction of sp³-hybridized carbons (Fsp3) is 0.727.